The van der Waals surface area contributed by atoms with Gasteiger partial charge >= 0.3 is 0 Å². The molecule has 3 heterocycles. The number of aryl methyl sites for hydroxylation is 2. The van der Waals surface area contributed by atoms with E-state index in [-0.39, 0.29) is 11.9 Å². The van der Waals surface area contributed by atoms with Crippen LogP contribution in [0.1, 0.15) is 65.8 Å². The summed E-state index contributed by atoms with van der Waals surface area (Å²) in [6.07, 6.45) is 9.76. The molecule has 1 N–H and O–H groups in total. The highest BCUT2D eigenvalue weighted by Crippen LogP contribution is 2.43. The van der Waals surface area contributed by atoms with Crippen LogP contribution in [0.3, 0.4) is 0 Å². The Kier molecular flexibility index (Phi) is 7.16. The van der Waals surface area contributed by atoms with Crippen molar-refractivity contribution in [3.63, 3.8) is 0 Å². The van der Waals surface area contributed by atoms with Gasteiger partial charge in [-0.2, -0.15) is 5.10 Å². The Hall–Kier alpha value is -3.87. The van der Waals surface area contributed by atoms with Gasteiger partial charge in [0.05, 0.1) is 24.7 Å². The fourth-order valence-corrected chi connectivity index (χ4v) is 4.84. The van der Waals surface area contributed by atoms with E-state index in [1.807, 2.05) is 34.1 Å². The van der Waals surface area contributed by atoms with Crippen LogP contribution in [-0.4, -0.2) is 43.7 Å². The van der Waals surface area contributed by atoms with Gasteiger partial charge in [-0.15, -0.1) is 0 Å². The Morgan fingerprint density at radius 2 is 1.81 bits per heavy atom. The van der Waals surface area contributed by atoms with E-state index in [0.29, 0.717) is 12.2 Å². The lowest BCUT2D eigenvalue weighted by atomic mass is 9.95. The van der Waals surface area contributed by atoms with Crippen molar-refractivity contribution in [2.45, 2.75) is 52.1 Å². The number of rotatable bonds is 11. The van der Waals surface area contributed by atoms with Gasteiger partial charge in [0.25, 0.3) is 5.91 Å². The molecule has 0 saturated heterocycles. The first-order valence-electron chi connectivity index (χ1n) is 12.8. The molecule has 0 saturated carbocycles. The first-order valence-corrected chi connectivity index (χ1v) is 12.8. The topological polar surface area (TPSA) is 76.0 Å². The van der Waals surface area contributed by atoms with Crippen molar-refractivity contribution >= 4 is 5.91 Å². The average molecular weight is 484 g/mol. The summed E-state index contributed by atoms with van der Waals surface area (Å²) in [6.45, 7) is 6.41. The van der Waals surface area contributed by atoms with Crippen LogP contribution >= 0.6 is 0 Å². The Morgan fingerprint density at radius 3 is 2.53 bits per heavy atom. The number of hydrogen-bond donors (Lipinski definition) is 1. The highest BCUT2D eigenvalue weighted by atomic mass is 16.5. The smallest absolute Gasteiger partial charge is 0.273 e. The van der Waals surface area contributed by atoms with Crippen molar-refractivity contribution in [3.8, 4) is 17.0 Å². The molecule has 7 heteroatoms. The quantitative estimate of drug-likeness (QED) is 0.274. The largest absolute Gasteiger partial charge is 0.494 e. The summed E-state index contributed by atoms with van der Waals surface area (Å²) in [6, 6.07) is 16.3. The number of carbonyl (C=O) groups excluding carboxylic acids is 1. The summed E-state index contributed by atoms with van der Waals surface area (Å²) in [7, 11) is 0. The number of ether oxygens (including phenoxy) is 1. The second kappa shape index (κ2) is 10.8. The summed E-state index contributed by atoms with van der Waals surface area (Å²) in [5.74, 6) is 0.850. The maximum atomic E-state index is 13.6. The number of fused-ring (bicyclic) bond motifs is 1. The molecule has 4 aromatic rings. The molecule has 0 bridgehead atoms. The van der Waals surface area contributed by atoms with Crippen molar-refractivity contribution in [1.29, 1.82) is 0 Å². The Morgan fingerprint density at radius 1 is 1.00 bits per heavy atom. The number of hydrogen-bond acceptors (Lipinski definition) is 4. The summed E-state index contributed by atoms with van der Waals surface area (Å²) >= 11 is 0. The standard InChI is InChI=1S/C29H33N5O2/c1-3-4-5-19-36-24-13-11-23(12-14-24)28-25-26(22-9-7-21(2)8-10-22)31-32-27(25)29(35)34(28)17-6-16-33-18-15-30-20-33/h7-15,18,20,28H,3-6,16-17,19H2,1-2H3,(H,31,32). The molecule has 1 aliphatic heterocycles. The SMILES string of the molecule is CCCCCOc1ccc(C2c3c(-c4ccc(C)cc4)n[nH]c3C(=O)N2CCCn2ccnc2)cc1. The Bertz CT molecular complexity index is 1280. The molecule has 0 radical (unpaired) electrons. The Labute approximate surface area is 212 Å². The Balaban J connectivity index is 1.44. The van der Waals surface area contributed by atoms with Crippen LogP contribution in [0.4, 0.5) is 0 Å². The fraction of sp³-hybridized carbons (Fsp3) is 0.345. The molecule has 1 aliphatic rings. The van der Waals surface area contributed by atoms with Crippen molar-refractivity contribution in [1.82, 2.24) is 24.6 Å². The van der Waals surface area contributed by atoms with Crippen LogP contribution in [0.2, 0.25) is 0 Å². The molecule has 5 rings (SSSR count). The number of nitrogens with one attached hydrogen (secondary N) is 1. The molecule has 1 amide bonds. The number of H-pyrrole nitrogens is 1. The van der Waals surface area contributed by atoms with Gasteiger partial charge in [-0.05, 0) is 37.5 Å². The van der Waals surface area contributed by atoms with Crippen LogP contribution < -0.4 is 4.74 Å². The van der Waals surface area contributed by atoms with Gasteiger partial charge in [0.1, 0.15) is 11.4 Å². The number of carbonyl (C=O) groups is 1. The first-order chi connectivity index (χ1) is 17.7. The van der Waals surface area contributed by atoms with Crippen molar-refractivity contribution in [3.05, 3.63) is 89.6 Å². The number of unbranched alkanes of at least 4 members (excludes halogenated alkanes) is 2. The van der Waals surface area contributed by atoms with E-state index in [4.69, 9.17) is 4.74 Å². The van der Waals surface area contributed by atoms with Crippen LogP contribution in [0.15, 0.2) is 67.3 Å². The minimum absolute atomic E-state index is 0.00798. The number of amides is 1. The zero-order chi connectivity index (χ0) is 24.9. The summed E-state index contributed by atoms with van der Waals surface area (Å²) in [4.78, 5) is 19.6. The molecule has 36 heavy (non-hydrogen) atoms. The average Bonchev–Trinajstić information content (AvgIpc) is 3.62. The van der Waals surface area contributed by atoms with E-state index in [2.05, 4.69) is 65.4 Å². The van der Waals surface area contributed by atoms with E-state index in [0.717, 1.165) is 54.1 Å². The highest BCUT2D eigenvalue weighted by molar-refractivity contribution is 6.00. The predicted octanol–water partition coefficient (Wildman–Crippen LogP) is 5.79. The van der Waals surface area contributed by atoms with Crippen molar-refractivity contribution in [2.75, 3.05) is 13.2 Å². The number of imidazole rings is 1. The van der Waals surface area contributed by atoms with Gasteiger partial charge in [0.15, 0.2) is 0 Å². The summed E-state index contributed by atoms with van der Waals surface area (Å²) in [5, 5.41) is 7.64. The number of aromatic amines is 1. The van der Waals surface area contributed by atoms with Gasteiger partial charge in [0.2, 0.25) is 0 Å². The molecule has 0 fully saturated rings. The number of aromatic nitrogens is 4. The molecule has 186 valence electrons. The lowest BCUT2D eigenvalue weighted by Gasteiger charge is -2.26. The van der Waals surface area contributed by atoms with Crippen LogP contribution in [0.5, 0.6) is 5.75 Å². The van der Waals surface area contributed by atoms with Gasteiger partial charge in [-0.1, -0.05) is 61.7 Å². The van der Waals surface area contributed by atoms with Crippen molar-refractivity contribution in [2.24, 2.45) is 0 Å². The second-order valence-electron chi connectivity index (χ2n) is 9.41. The van der Waals surface area contributed by atoms with Crippen LogP contribution in [-0.2, 0) is 6.54 Å². The molecular formula is C29H33N5O2. The van der Waals surface area contributed by atoms with Gasteiger partial charge in [-0.3, -0.25) is 9.89 Å². The molecule has 1 unspecified atom stereocenters. The molecule has 2 aromatic heterocycles. The van der Waals surface area contributed by atoms with E-state index >= 15 is 0 Å². The third kappa shape index (κ3) is 4.91. The van der Waals surface area contributed by atoms with E-state index in [1.54, 1.807) is 6.20 Å². The first kappa shape index (κ1) is 23.9. The normalized spacial score (nSPS) is 14.9. The molecule has 1 atom stereocenters. The molecule has 2 aromatic carbocycles. The van der Waals surface area contributed by atoms with Gasteiger partial charge < -0.3 is 14.2 Å². The number of nitrogens with zero attached hydrogens (tertiary/aromatic N) is 4. The molecule has 7 nitrogen and oxygen atoms in total. The maximum Gasteiger partial charge on any atom is 0.273 e. The van der Waals surface area contributed by atoms with Crippen LogP contribution in [0, 0.1) is 6.92 Å². The summed E-state index contributed by atoms with van der Waals surface area (Å²) in [5.41, 5.74) is 5.61. The van der Waals surface area contributed by atoms with E-state index in [1.165, 1.54) is 18.4 Å². The van der Waals surface area contributed by atoms with Gasteiger partial charge in [-0.25, -0.2) is 4.98 Å². The predicted molar refractivity (Wildman–Crippen MR) is 140 cm³/mol. The molecular weight excluding hydrogens is 450 g/mol. The lowest BCUT2D eigenvalue weighted by Crippen LogP contribution is -2.31. The third-order valence-corrected chi connectivity index (χ3v) is 6.78. The number of benzene rings is 2. The zero-order valence-electron chi connectivity index (χ0n) is 21.0. The minimum atomic E-state index is -0.209. The zero-order valence-corrected chi connectivity index (χ0v) is 21.0. The second-order valence-corrected chi connectivity index (χ2v) is 9.41. The van der Waals surface area contributed by atoms with E-state index < -0.39 is 0 Å². The van der Waals surface area contributed by atoms with Crippen molar-refractivity contribution < 1.29 is 9.53 Å². The fourth-order valence-electron chi connectivity index (χ4n) is 4.84. The highest BCUT2D eigenvalue weighted by Gasteiger charge is 2.41. The summed E-state index contributed by atoms with van der Waals surface area (Å²) < 4.78 is 7.97. The third-order valence-electron chi connectivity index (χ3n) is 6.78. The van der Waals surface area contributed by atoms with E-state index in [9.17, 15) is 4.79 Å². The van der Waals surface area contributed by atoms with Gasteiger partial charge in [0, 0.05) is 36.6 Å². The molecule has 0 spiro atoms. The lowest BCUT2D eigenvalue weighted by molar-refractivity contribution is 0.0739. The van der Waals surface area contributed by atoms with Crippen LogP contribution in [0.25, 0.3) is 11.3 Å². The monoisotopic (exact) mass is 483 g/mol. The minimum Gasteiger partial charge on any atom is -0.494 e. The molecule has 0 aliphatic carbocycles. The maximum absolute atomic E-state index is 13.6.